The van der Waals surface area contributed by atoms with E-state index in [2.05, 4.69) is 5.32 Å². The quantitative estimate of drug-likeness (QED) is 0.729. The molecule has 0 radical (unpaired) electrons. The summed E-state index contributed by atoms with van der Waals surface area (Å²) in [4.78, 5) is 12.4. The summed E-state index contributed by atoms with van der Waals surface area (Å²) in [6.45, 7) is -0.000290. The molecule has 0 spiro atoms. The summed E-state index contributed by atoms with van der Waals surface area (Å²) in [6.07, 6.45) is 4.95. The highest BCUT2D eigenvalue weighted by atomic mass is 35.5. The van der Waals surface area contributed by atoms with Crippen molar-refractivity contribution >= 4 is 33.4 Å². The van der Waals surface area contributed by atoms with E-state index in [1.54, 1.807) is 18.2 Å². The maximum Gasteiger partial charge on any atom is 0.407 e. The van der Waals surface area contributed by atoms with Crippen LogP contribution in [0.15, 0.2) is 53.4 Å². The molecule has 4 rings (SSSR count). The monoisotopic (exact) mass is 448 g/mol. The fraction of sp³-hybridized carbons (Fsp3) is 0.409. The van der Waals surface area contributed by atoms with Gasteiger partial charge in [-0.15, -0.1) is 0 Å². The first-order chi connectivity index (χ1) is 14.4. The first kappa shape index (κ1) is 21.0. The minimum atomic E-state index is -3.85. The maximum absolute atomic E-state index is 13.5. The molecule has 1 fully saturated rings. The molecule has 1 saturated carbocycles. The lowest BCUT2D eigenvalue weighted by atomic mass is 9.98. The van der Waals surface area contributed by atoms with E-state index in [0.29, 0.717) is 17.1 Å². The lowest BCUT2D eigenvalue weighted by Crippen LogP contribution is -2.47. The number of nitrogens with zero attached hydrogens (tertiary/aromatic N) is 1. The Balaban J connectivity index is 1.57. The molecule has 2 aromatic rings. The first-order valence-electron chi connectivity index (χ1n) is 10.3. The molecule has 30 heavy (non-hydrogen) atoms. The van der Waals surface area contributed by atoms with Crippen LogP contribution >= 0.6 is 11.6 Å². The Morgan fingerprint density at radius 2 is 1.77 bits per heavy atom. The highest BCUT2D eigenvalue weighted by Gasteiger charge is 2.36. The van der Waals surface area contributed by atoms with Crippen molar-refractivity contribution in [2.75, 3.05) is 10.9 Å². The Kier molecular flexibility index (Phi) is 6.20. The maximum atomic E-state index is 13.5. The predicted molar refractivity (Wildman–Crippen MR) is 116 cm³/mol. The summed E-state index contributed by atoms with van der Waals surface area (Å²) in [5.74, 6) is 0. The summed E-state index contributed by atoms with van der Waals surface area (Å²) in [5.41, 5.74) is 1.59. The second-order valence-electron chi connectivity index (χ2n) is 7.80. The van der Waals surface area contributed by atoms with Gasteiger partial charge in [0.25, 0.3) is 10.0 Å². The zero-order valence-corrected chi connectivity index (χ0v) is 18.2. The molecular weight excluding hydrogens is 424 g/mol. The van der Waals surface area contributed by atoms with Crippen molar-refractivity contribution in [3.63, 3.8) is 0 Å². The van der Waals surface area contributed by atoms with Gasteiger partial charge in [0, 0.05) is 11.1 Å². The minimum absolute atomic E-state index is 0.000290. The van der Waals surface area contributed by atoms with Crippen molar-refractivity contribution < 1.29 is 17.9 Å². The molecule has 1 N–H and O–H groups in total. The number of rotatable bonds is 5. The molecule has 2 aliphatic rings. The number of para-hydroxylation sites is 1. The fourth-order valence-electron chi connectivity index (χ4n) is 4.22. The number of ether oxygens (including phenoxy) is 1. The van der Waals surface area contributed by atoms with Crippen LogP contribution in [-0.4, -0.2) is 33.2 Å². The van der Waals surface area contributed by atoms with Crippen molar-refractivity contribution in [2.45, 2.75) is 55.5 Å². The highest BCUT2D eigenvalue weighted by molar-refractivity contribution is 7.92. The number of fused-ring (bicyclic) bond motifs is 1. The van der Waals surface area contributed by atoms with Crippen molar-refractivity contribution in [2.24, 2.45) is 0 Å². The Labute approximate surface area is 182 Å². The molecule has 0 aromatic heterocycles. The van der Waals surface area contributed by atoms with Gasteiger partial charge < -0.3 is 10.1 Å². The second-order valence-corrected chi connectivity index (χ2v) is 10.1. The van der Waals surface area contributed by atoms with E-state index in [9.17, 15) is 13.2 Å². The van der Waals surface area contributed by atoms with Gasteiger partial charge >= 0.3 is 6.09 Å². The Morgan fingerprint density at radius 1 is 1.07 bits per heavy atom. The van der Waals surface area contributed by atoms with Crippen molar-refractivity contribution in [1.29, 1.82) is 0 Å². The summed E-state index contributed by atoms with van der Waals surface area (Å²) in [5, 5.41) is 3.35. The normalized spacial score (nSPS) is 19.4. The highest BCUT2D eigenvalue weighted by Crippen LogP contribution is 2.35. The molecule has 8 heteroatoms. The molecule has 1 aliphatic heterocycles. The van der Waals surface area contributed by atoms with Gasteiger partial charge in [-0.2, -0.15) is 0 Å². The van der Waals surface area contributed by atoms with Crippen molar-refractivity contribution in [3.05, 3.63) is 59.1 Å². The lowest BCUT2D eigenvalue weighted by Gasteiger charge is -2.37. The van der Waals surface area contributed by atoms with Crippen LogP contribution < -0.4 is 9.62 Å². The number of anilines is 1. The number of hydrogen-bond donors (Lipinski definition) is 1. The van der Waals surface area contributed by atoms with E-state index in [1.807, 2.05) is 18.2 Å². The smallest absolute Gasteiger partial charge is 0.407 e. The molecule has 6 nitrogen and oxygen atoms in total. The van der Waals surface area contributed by atoms with Gasteiger partial charge in [-0.25, -0.2) is 13.2 Å². The van der Waals surface area contributed by atoms with E-state index in [1.165, 1.54) is 16.4 Å². The number of amides is 1. The van der Waals surface area contributed by atoms with Gasteiger partial charge in [0.1, 0.15) is 6.61 Å². The van der Waals surface area contributed by atoms with E-state index in [4.69, 9.17) is 16.3 Å². The van der Waals surface area contributed by atoms with Gasteiger partial charge in [0.05, 0.1) is 16.6 Å². The molecular formula is C22H25ClN2O4S. The van der Waals surface area contributed by atoms with Crippen LogP contribution in [0.25, 0.3) is 0 Å². The predicted octanol–water partition coefficient (Wildman–Crippen LogP) is 4.52. The summed E-state index contributed by atoms with van der Waals surface area (Å²) < 4.78 is 33.9. The SMILES string of the molecule is O=C(NC1CCCC1)OCC1CCc2ccccc2N1S(=O)(=O)c1ccc(Cl)cc1. The molecule has 1 heterocycles. The molecule has 2 aromatic carbocycles. The van der Waals surface area contributed by atoms with Crippen LogP contribution in [0.5, 0.6) is 0 Å². The minimum Gasteiger partial charge on any atom is -0.447 e. The van der Waals surface area contributed by atoms with Crippen LogP contribution in [0.4, 0.5) is 10.5 Å². The topological polar surface area (TPSA) is 75.7 Å². The van der Waals surface area contributed by atoms with E-state index < -0.39 is 22.2 Å². The van der Waals surface area contributed by atoms with Gasteiger partial charge in [-0.3, -0.25) is 4.31 Å². The number of alkyl carbamates (subject to hydrolysis) is 1. The van der Waals surface area contributed by atoms with E-state index in [-0.39, 0.29) is 17.5 Å². The number of halogens is 1. The van der Waals surface area contributed by atoms with Crippen molar-refractivity contribution in [3.8, 4) is 0 Å². The van der Waals surface area contributed by atoms with Gasteiger partial charge in [0.15, 0.2) is 0 Å². The Bertz CT molecular complexity index is 1000. The third-order valence-corrected chi connectivity index (χ3v) is 7.89. The largest absolute Gasteiger partial charge is 0.447 e. The molecule has 0 bridgehead atoms. The summed E-state index contributed by atoms with van der Waals surface area (Å²) in [6, 6.07) is 13.2. The third-order valence-electron chi connectivity index (χ3n) is 5.76. The molecule has 1 amide bonds. The molecule has 1 unspecified atom stereocenters. The van der Waals surface area contributed by atoms with Gasteiger partial charge in [-0.1, -0.05) is 42.6 Å². The third kappa shape index (κ3) is 4.42. The second kappa shape index (κ2) is 8.86. The average molecular weight is 449 g/mol. The van der Waals surface area contributed by atoms with Crippen LogP contribution in [-0.2, 0) is 21.2 Å². The van der Waals surface area contributed by atoms with Crippen LogP contribution in [0, 0.1) is 0 Å². The Hall–Kier alpha value is -2.25. The number of nitrogens with one attached hydrogen (secondary N) is 1. The van der Waals surface area contributed by atoms with Crippen LogP contribution in [0.3, 0.4) is 0 Å². The molecule has 0 saturated heterocycles. The van der Waals surface area contributed by atoms with E-state index in [0.717, 1.165) is 37.7 Å². The number of carbonyl (C=O) groups is 1. The summed E-state index contributed by atoms with van der Waals surface area (Å²) >= 11 is 5.94. The summed E-state index contributed by atoms with van der Waals surface area (Å²) in [7, 11) is -3.85. The zero-order valence-electron chi connectivity index (χ0n) is 16.6. The number of hydrogen-bond acceptors (Lipinski definition) is 4. The van der Waals surface area contributed by atoms with Crippen molar-refractivity contribution in [1.82, 2.24) is 5.32 Å². The number of benzene rings is 2. The average Bonchev–Trinajstić information content (AvgIpc) is 3.25. The number of carbonyl (C=O) groups excluding carboxylic acids is 1. The van der Waals surface area contributed by atoms with E-state index >= 15 is 0 Å². The van der Waals surface area contributed by atoms with Gasteiger partial charge in [-0.05, 0) is 61.6 Å². The number of aryl methyl sites for hydroxylation is 1. The number of sulfonamides is 1. The van der Waals surface area contributed by atoms with Gasteiger partial charge in [0.2, 0.25) is 0 Å². The van der Waals surface area contributed by atoms with Crippen LogP contribution in [0.1, 0.15) is 37.7 Å². The fourth-order valence-corrected chi connectivity index (χ4v) is 6.05. The molecule has 1 aliphatic carbocycles. The first-order valence-corrected chi connectivity index (χ1v) is 12.1. The zero-order chi connectivity index (χ0) is 21.1. The molecule has 1 atom stereocenters. The Morgan fingerprint density at radius 3 is 2.50 bits per heavy atom. The molecule has 160 valence electrons. The van der Waals surface area contributed by atoms with Crippen LogP contribution in [0.2, 0.25) is 5.02 Å². The lowest BCUT2D eigenvalue weighted by molar-refractivity contribution is 0.134. The standard InChI is InChI=1S/C22H25ClN2O4S/c23-17-10-13-20(14-11-17)30(27,28)25-19(12-9-16-5-1-4-8-21(16)25)15-29-22(26)24-18-6-2-3-7-18/h1,4-5,8,10-11,13-14,18-19H,2-3,6-7,9,12,15H2,(H,24,26).